The van der Waals surface area contributed by atoms with Crippen molar-refractivity contribution >= 4 is 13.2 Å². The summed E-state index contributed by atoms with van der Waals surface area (Å²) >= 11 is 0. The van der Waals surface area contributed by atoms with Gasteiger partial charge in [-0.1, -0.05) is 30.3 Å². The summed E-state index contributed by atoms with van der Waals surface area (Å²) in [5, 5.41) is 0. The largest absolute Gasteiger partial charge is 0.723 e. The molecule has 0 saturated heterocycles. The summed E-state index contributed by atoms with van der Waals surface area (Å²) in [7, 11) is -1.46. The predicted molar refractivity (Wildman–Crippen MR) is 70.5 cm³/mol. The highest BCUT2D eigenvalue weighted by atomic mass is 19.2. The zero-order chi connectivity index (χ0) is 14.3. The Morgan fingerprint density at radius 3 is 2.42 bits per heavy atom. The molecule has 1 aromatic rings. The number of benzene rings is 1. The van der Waals surface area contributed by atoms with E-state index in [-0.39, 0.29) is 6.61 Å². The quantitative estimate of drug-likeness (QED) is 0.432. The van der Waals surface area contributed by atoms with Gasteiger partial charge in [-0.05, 0) is 13.8 Å². The minimum Gasteiger partial charge on any atom is -0.496 e. The average Bonchev–Trinajstić information content (AvgIpc) is 2.36. The molecule has 1 rings (SSSR count). The topological polar surface area (TPSA) is 27.7 Å². The molecule has 0 bridgehead atoms. The van der Waals surface area contributed by atoms with Crippen LogP contribution in [0.4, 0.5) is 8.63 Å². The molecule has 0 aliphatic heterocycles. The van der Waals surface area contributed by atoms with Gasteiger partial charge in [0.15, 0.2) is 5.79 Å². The number of halogens is 2. The van der Waals surface area contributed by atoms with Crippen LogP contribution in [0, 0.1) is 0 Å². The third kappa shape index (κ3) is 5.00. The number of hydrogen-bond donors (Lipinski definition) is 0. The van der Waals surface area contributed by atoms with Crippen molar-refractivity contribution in [1.82, 2.24) is 0 Å². The number of ether oxygens (including phenoxy) is 2. The van der Waals surface area contributed by atoms with Crippen LogP contribution >= 0.6 is 0 Å². The summed E-state index contributed by atoms with van der Waals surface area (Å²) in [5.74, 6) is -1.12. The van der Waals surface area contributed by atoms with Gasteiger partial charge in [0.2, 0.25) is 0 Å². The summed E-state index contributed by atoms with van der Waals surface area (Å²) in [6.07, 6.45) is 1.40. The summed E-state index contributed by atoms with van der Waals surface area (Å²) in [6, 6.07) is 9.13. The van der Waals surface area contributed by atoms with E-state index in [1.54, 1.807) is 6.92 Å². The highest BCUT2D eigenvalue weighted by Crippen LogP contribution is 2.24. The maximum Gasteiger partial charge on any atom is 0.723 e. The first-order valence-corrected chi connectivity index (χ1v) is 5.93. The highest BCUT2D eigenvalue weighted by Gasteiger charge is 2.32. The second-order valence-corrected chi connectivity index (χ2v) is 3.91. The third-order valence-electron chi connectivity index (χ3n) is 2.43. The third-order valence-corrected chi connectivity index (χ3v) is 2.43. The summed E-state index contributed by atoms with van der Waals surface area (Å²) in [6.45, 7) is 3.37. The van der Waals surface area contributed by atoms with Gasteiger partial charge in [-0.25, -0.2) is 0 Å². The molecule has 1 unspecified atom stereocenters. The second kappa shape index (κ2) is 7.26. The zero-order valence-electron chi connectivity index (χ0n) is 11.2. The predicted octanol–water partition coefficient (Wildman–Crippen LogP) is 3.37. The second-order valence-electron chi connectivity index (χ2n) is 3.91. The Balaban J connectivity index is 3.04. The minimum atomic E-state index is -2.93. The van der Waals surface area contributed by atoms with E-state index < -0.39 is 13.3 Å². The van der Waals surface area contributed by atoms with Crippen molar-refractivity contribution in [2.75, 3.05) is 13.7 Å². The lowest BCUT2D eigenvalue weighted by Gasteiger charge is -2.26. The van der Waals surface area contributed by atoms with Crippen molar-refractivity contribution in [3.8, 4) is 0 Å². The van der Waals surface area contributed by atoms with Gasteiger partial charge >= 0.3 is 7.47 Å². The Labute approximate surface area is 112 Å². The van der Waals surface area contributed by atoms with E-state index in [0.717, 1.165) is 5.56 Å². The van der Waals surface area contributed by atoms with Gasteiger partial charge in [0.05, 0.1) is 7.11 Å². The lowest BCUT2D eigenvalue weighted by molar-refractivity contribution is -0.141. The Bertz CT molecular complexity index is 412. The van der Waals surface area contributed by atoms with Gasteiger partial charge in [0.1, 0.15) is 5.76 Å². The van der Waals surface area contributed by atoms with E-state index in [4.69, 9.17) is 9.47 Å². The highest BCUT2D eigenvalue weighted by molar-refractivity contribution is 6.34. The molecule has 0 fully saturated rings. The van der Waals surface area contributed by atoms with Crippen LogP contribution < -0.4 is 0 Å². The monoisotopic (exact) mass is 270 g/mol. The smallest absolute Gasteiger partial charge is 0.496 e. The van der Waals surface area contributed by atoms with Gasteiger partial charge in [-0.2, -0.15) is 0 Å². The molecule has 0 radical (unpaired) electrons. The standard InChI is InChI=1S/C13H17BF2O3/c1-4-18-13(2,19-14(15)16)10-12(17-3)11-8-6-5-7-9-11/h5-10H,4H2,1-3H3/b12-10-. The Kier molecular flexibility index (Phi) is 5.98. The normalized spacial score (nSPS) is 14.9. The Morgan fingerprint density at radius 2 is 1.95 bits per heavy atom. The first-order chi connectivity index (χ1) is 9.00. The summed E-state index contributed by atoms with van der Waals surface area (Å²) < 4.78 is 39.8. The molecular formula is C13H17BF2O3. The molecule has 1 aromatic carbocycles. The van der Waals surface area contributed by atoms with Crippen LogP contribution in [0.3, 0.4) is 0 Å². The van der Waals surface area contributed by atoms with Crippen LogP contribution in [0.25, 0.3) is 5.76 Å². The molecule has 0 saturated carbocycles. The summed E-state index contributed by atoms with van der Waals surface area (Å²) in [5.41, 5.74) is 0.758. The van der Waals surface area contributed by atoms with Crippen LogP contribution in [0.5, 0.6) is 0 Å². The fourth-order valence-electron chi connectivity index (χ4n) is 1.67. The minimum absolute atomic E-state index is 0.242. The number of hydrogen-bond acceptors (Lipinski definition) is 3. The van der Waals surface area contributed by atoms with Crippen LogP contribution in [-0.4, -0.2) is 27.0 Å². The first-order valence-electron chi connectivity index (χ1n) is 5.93. The fraction of sp³-hybridized carbons (Fsp3) is 0.385. The fourth-order valence-corrected chi connectivity index (χ4v) is 1.67. The van der Waals surface area contributed by atoms with Crippen LogP contribution in [0.1, 0.15) is 19.4 Å². The van der Waals surface area contributed by atoms with Crippen LogP contribution in [0.15, 0.2) is 36.4 Å². The molecule has 0 aromatic heterocycles. The van der Waals surface area contributed by atoms with E-state index in [1.807, 2.05) is 30.3 Å². The lowest BCUT2D eigenvalue weighted by atomic mass is 10.1. The van der Waals surface area contributed by atoms with Gasteiger partial charge < -0.3 is 14.1 Å². The van der Waals surface area contributed by atoms with E-state index in [0.29, 0.717) is 5.76 Å². The van der Waals surface area contributed by atoms with Gasteiger partial charge in [0, 0.05) is 18.2 Å². The number of methoxy groups -OCH3 is 1. The van der Waals surface area contributed by atoms with Crippen molar-refractivity contribution in [1.29, 1.82) is 0 Å². The van der Waals surface area contributed by atoms with E-state index in [1.165, 1.54) is 20.1 Å². The zero-order valence-corrected chi connectivity index (χ0v) is 11.2. The molecule has 19 heavy (non-hydrogen) atoms. The summed E-state index contributed by atoms with van der Waals surface area (Å²) in [4.78, 5) is 0. The van der Waals surface area contributed by atoms with Gasteiger partial charge in [0.25, 0.3) is 0 Å². The molecule has 0 aliphatic rings. The van der Waals surface area contributed by atoms with Gasteiger partial charge in [-0.15, -0.1) is 0 Å². The van der Waals surface area contributed by atoms with Crippen molar-refractivity contribution in [2.24, 2.45) is 0 Å². The number of rotatable bonds is 7. The molecular weight excluding hydrogens is 253 g/mol. The molecule has 104 valence electrons. The Hall–Kier alpha value is -1.40. The maximum absolute atomic E-state index is 12.4. The molecule has 6 heteroatoms. The Morgan fingerprint density at radius 1 is 1.32 bits per heavy atom. The first kappa shape index (κ1) is 15.7. The van der Waals surface area contributed by atoms with Gasteiger partial charge in [-0.3, -0.25) is 8.63 Å². The molecule has 0 amide bonds. The van der Waals surface area contributed by atoms with Crippen LogP contribution in [-0.2, 0) is 14.1 Å². The molecule has 0 N–H and O–H groups in total. The molecule has 3 nitrogen and oxygen atoms in total. The van der Waals surface area contributed by atoms with E-state index in [9.17, 15) is 8.63 Å². The average molecular weight is 270 g/mol. The van der Waals surface area contributed by atoms with E-state index in [2.05, 4.69) is 4.65 Å². The van der Waals surface area contributed by atoms with Crippen molar-refractivity contribution in [3.05, 3.63) is 42.0 Å². The maximum atomic E-state index is 12.4. The molecule has 0 aliphatic carbocycles. The molecule has 0 heterocycles. The van der Waals surface area contributed by atoms with Crippen molar-refractivity contribution < 1.29 is 22.8 Å². The van der Waals surface area contributed by atoms with Crippen molar-refractivity contribution in [2.45, 2.75) is 19.6 Å². The molecule has 0 spiro atoms. The van der Waals surface area contributed by atoms with Crippen molar-refractivity contribution in [3.63, 3.8) is 0 Å². The molecule has 1 atom stereocenters. The van der Waals surface area contributed by atoms with Crippen LogP contribution in [0.2, 0.25) is 0 Å². The van der Waals surface area contributed by atoms with E-state index >= 15 is 0 Å². The SMILES string of the molecule is CCOC(C)(/C=C(\OC)c1ccccc1)OB(F)F. The lowest BCUT2D eigenvalue weighted by Crippen LogP contribution is -2.34.